The van der Waals surface area contributed by atoms with Gasteiger partial charge in [-0.25, -0.2) is 8.42 Å². The molecule has 0 amide bonds. The Hall–Kier alpha value is -1.14. The lowest BCUT2D eigenvalue weighted by Crippen LogP contribution is -2.19. The van der Waals surface area contributed by atoms with E-state index in [4.69, 9.17) is 18.0 Å². The van der Waals surface area contributed by atoms with Crippen molar-refractivity contribution < 1.29 is 8.42 Å². The highest BCUT2D eigenvalue weighted by Gasteiger charge is 2.08. The molecule has 0 aliphatic heterocycles. The van der Waals surface area contributed by atoms with Crippen LogP contribution in [0.5, 0.6) is 0 Å². The summed E-state index contributed by atoms with van der Waals surface area (Å²) >= 11 is 4.69. The quantitative estimate of drug-likeness (QED) is 0.761. The third-order valence-corrected chi connectivity index (χ3v) is 3.10. The van der Waals surface area contributed by atoms with Gasteiger partial charge in [0.2, 0.25) is 0 Å². The summed E-state index contributed by atoms with van der Waals surface area (Å²) in [5, 5.41) is 2.92. The van der Waals surface area contributed by atoms with E-state index in [0.717, 1.165) is 11.3 Å². The number of thiocarbonyl (C=S) groups is 1. The molecular formula is C9H12N2O2S2. The summed E-state index contributed by atoms with van der Waals surface area (Å²) in [6.07, 6.45) is 1.17. The molecule has 6 heteroatoms. The molecule has 0 atom stereocenters. The topological polar surface area (TPSA) is 72.2 Å². The number of nitrogens with one attached hydrogen (secondary N) is 1. The van der Waals surface area contributed by atoms with Crippen LogP contribution in [-0.4, -0.2) is 19.8 Å². The maximum absolute atomic E-state index is 11.2. The first-order valence-corrected chi connectivity index (χ1v) is 6.48. The number of rotatable bonds is 2. The number of hydrogen-bond donors (Lipinski definition) is 2. The Kier molecular flexibility index (Phi) is 3.31. The molecule has 0 aromatic heterocycles. The average molecular weight is 244 g/mol. The zero-order valence-corrected chi connectivity index (χ0v) is 10.1. The van der Waals surface area contributed by atoms with Crippen LogP contribution in [0.15, 0.2) is 23.1 Å². The predicted octanol–water partition coefficient (Wildman–Crippen LogP) is 1.05. The van der Waals surface area contributed by atoms with Crippen molar-refractivity contribution in [3.8, 4) is 0 Å². The van der Waals surface area contributed by atoms with E-state index in [9.17, 15) is 8.42 Å². The van der Waals surface area contributed by atoms with E-state index in [1.807, 2.05) is 0 Å². The number of sulfone groups is 1. The lowest BCUT2D eigenvalue weighted by atomic mass is 10.2. The van der Waals surface area contributed by atoms with Crippen LogP contribution in [0, 0.1) is 6.92 Å². The number of aryl methyl sites for hydroxylation is 1. The standard InChI is InChI=1S/C9H12N2O2S2/c1-6-5-7(15(2,12)13)3-4-8(6)11-9(10)14/h3-5H,1-2H3,(H3,10,11,14). The Morgan fingerprint density at radius 1 is 1.47 bits per heavy atom. The predicted molar refractivity (Wildman–Crippen MR) is 64.7 cm³/mol. The molecule has 0 unspecified atom stereocenters. The Labute approximate surface area is 94.4 Å². The van der Waals surface area contributed by atoms with E-state index < -0.39 is 9.84 Å². The molecular weight excluding hydrogens is 232 g/mol. The summed E-state index contributed by atoms with van der Waals surface area (Å²) in [6.45, 7) is 1.79. The van der Waals surface area contributed by atoms with Crippen LogP contribution in [0.1, 0.15) is 5.56 Å². The zero-order valence-electron chi connectivity index (χ0n) is 8.44. The molecule has 1 aromatic rings. The number of nitrogens with two attached hydrogens (primary N) is 1. The third kappa shape index (κ3) is 3.17. The smallest absolute Gasteiger partial charge is 0.175 e. The summed E-state index contributed by atoms with van der Waals surface area (Å²) in [4.78, 5) is 0.286. The van der Waals surface area contributed by atoms with Crippen molar-refractivity contribution in [3.05, 3.63) is 23.8 Å². The molecule has 0 aliphatic rings. The summed E-state index contributed by atoms with van der Waals surface area (Å²) < 4.78 is 22.5. The van der Waals surface area contributed by atoms with E-state index in [0.29, 0.717) is 0 Å². The first kappa shape index (κ1) is 11.9. The van der Waals surface area contributed by atoms with Gasteiger partial charge in [0.1, 0.15) is 0 Å². The van der Waals surface area contributed by atoms with Crippen LogP contribution in [0.4, 0.5) is 5.69 Å². The van der Waals surface area contributed by atoms with Crippen molar-refractivity contribution in [2.75, 3.05) is 11.6 Å². The van der Waals surface area contributed by atoms with Gasteiger partial charge in [0.15, 0.2) is 14.9 Å². The highest BCUT2D eigenvalue weighted by Crippen LogP contribution is 2.19. The lowest BCUT2D eigenvalue weighted by molar-refractivity contribution is 0.602. The number of hydrogen-bond acceptors (Lipinski definition) is 3. The minimum atomic E-state index is -3.16. The fourth-order valence-corrected chi connectivity index (χ4v) is 1.96. The monoisotopic (exact) mass is 244 g/mol. The maximum Gasteiger partial charge on any atom is 0.175 e. The Balaban J connectivity index is 3.15. The van der Waals surface area contributed by atoms with E-state index >= 15 is 0 Å². The van der Waals surface area contributed by atoms with Gasteiger partial charge in [-0.1, -0.05) is 0 Å². The molecule has 1 aromatic carbocycles. The summed E-state index contributed by atoms with van der Waals surface area (Å²) in [5.74, 6) is 0. The molecule has 0 radical (unpaired) electrons. The van der Waals surface area contributed by atoms with E-state index in [-0.39, 0.29) is 10.0 Å². The van der Waals surface area contributed by atoms with Crippen molar-refractivity contribution in [2.24, 2.45) is 5.73 Å². The van der Waals surface area contributed by atoms with Gasteiger partial charge in [-0.05, 0) is 42.9 Å². The van der Waals surface area contributed by atoms with Crippen LogP contribution >= 0.6 is 12.2 Å². The highest BCUT2D eigenvalue weighted by molar-refractivity contribution is 7.90. The third-order valence-electron chi connectivity index (χ3n) is 1.88. The Morgan fingerprint density at radius 3 is 2.47 bits per heavy atom. The molecule has 82 valence electrons. The number of anilines is 1. The molecule has 0 saturated carbocycles. The fraction of sp³-hybridized carbons (Fsp3) is 0.222. The van der Waals surface area contributed by atoms with Gasteiger partial charge < -0.3 is 11.1 Å². The molecule has 0 heterocycles. The van der Waals surface area contributed by atoms with Crippen molar-refractivity contribution in [2.45, 2.75) is 11.8 Å². The Morgan fingerprint density at radius 2 is 2.07 bits per heavy atom. The first-order chi connectivity index (χ1) is 6.80. The largest absolute Gasteiger partial charge is 0.376 e. The molecule has 0 bridgehead atoms. The molecule has 0 saturated heterocycles. The van der Waals surface area contributed by atoms with Crippen LogP contribution in [0.25, 0.3) is 0 Å². The second-order valence-corrected chi connectivity index (χ2v) is 5.69. The minimum absolute atomic E-state index is 0.158. The van der Waals surface area contributed by atoms with Crippen LogP contribution < -0.4 is 11.1 Å². The lowest BCUT2D eigenvalue weighted by Gasteiger charge is -2.08. The van der Waals surface area contributed by atoms with Crippen LogP contribution in [0.3, 0.4) is 0 Å². The van der Waals surface area contributed by atoms with Crippen molar-refractivity contribution in [3.63, 3.8) is 0 Å². The van der Waals surface area contributed by atoms with Gasteiger partial charge >= 0.3 is 0 Å². The SMILES string of the molecule is Cc1cc(S(C)(=O)=O)ccc1NC(N)=S. The molecule has 0 fully saturated rings. The van der Waals surface area contributed by atoms with Crippen molar-refractivity contribution in [1.82, 2.24) is 0 Å². The van der Waals surface area contributed by atoms with Gasteiger partial charge in [-0.3, -0.25) is 0 Å². The maximum atomic E-state index is 11.2. The normalized spacial score (nSPS) is 11.1. The second-order valence-electron chi connectivity index (χ2n) is 3.24. The first-order valence-electron chi connectivity index (χ1n) is 4.18. The van der Waals surface area contributed by atoms with Crippen molar-refractivity contribution in [1.29, 1.82) is 0 Å². The Bertz CT molecular complexity index is 495. The van der Waals surface area contributed by atoms with E-state index in [2.05, 4.69) is 5.32 Å². The van der Waals surface area contributed by atoms with Crippen molar-refractivity contribution >= 4 is 32.9 Å². The molecule has 0 spiro atoms. The van der Waals surface area contributed by atoms with E-state index in [1.165, 1.54) is 12.3 Å². The fourth-order valence-electron chi connectivity index (χ4n) is 1.14. The minimum Gasteiger partial charge on any atom is -0.376 e. The van der Waals surface area contributed by atoms with Gasteiger partial charge in [-0.15, -0.1) is 0 Å². The summed E-state index contributed by atoms with van der Waals surface area (Å²) in [7, 11) is -3.16. The molecule has 15 heavy (non-hydrogen) atoms. The van der Waals surface area contributed by atoms with Gasteiger partial charge in [0, 0.05) is 11.9 Å². The van der Waals surface area contributed by atoms with Gasteiger partial charge in [0.25, 0.3) is 0 Å². The molecule has 4 nitrogen and oxygen atoms in total. The summed E-state index contributed by atoms with van der Waals surface area (Å²) in [5.41, 5.74) is 6.82. The summed E-state index contributed by atoms with van der Waals surface area (Å²) in [6, 6.07) is 4.74. The highest BCUT2D eigenvalue weighted by atomic mass is 32.2. The average Bonchev–Trinajstić information content (AvgIpc) is 2.05. The second kappa shape index (κ2) is 4.16. The van der Waals surface area contributed by atoms with Gasteiger partial charge in [-0.2, -0.15) is 0 Å². The van der Waals surface area contributed by atoms with Crippen LogP contribution in [-0.2, 0) is 9.84 Å². The number of benzene rings is 1. The van der Waals surface area contributed by atoms with Gasteiger partial charge in [0.05, 0.1) is 4.90 Å². The molecule has 3 N–H and O–H groups in total. The zero-order chi connectivity index (χ0) is 11.6. The molecule has 1 rings (SSSR count). The molecule has 0 aliphatic carbocycles. The van der Waals surface area contributed by atoms with E-state index in [1.54, 1.807) is 19.1 Å². The van der Waals surface area contributed by atoms with Crippen LogP contribution in [0.2, 0.25) is 0 Å².